The molecule has 0 aromatic heterocycles. The second kappa shape index (κ2) is 5.67. The minimum absolute atomic E-state index is 1.16. The van der Waals surface area contributed by atoms with Crippen LogP contribution in [-0.2, 0) is 6.42 Å². The van der Waals surface area contributed by atoms with Crippen LogP contribution in [0.1, 0.15) is 50.2 Å². The number of benzene rings is 1. The van der Waals surface area contributed by atoms with Crippen molar-refractivity contribution in [2.45, 2.75) is 45.4 Å². The van der Waals surface area contributed by atoms with Crippen molar-refractivity contribution in [2.24, 2.45) is 0 Å². The summed E-state index contributed by atoms with van der Waals surface area (Å²) in [6.07, 6.45) is 10.3. The molecule has 1 heteroatoms. The highest BCUT2D eigenvalue weighted by molar-refractivity contribution is 9.10. The van der Waals surface area contributed by atoms with Gasteiger partial charge in [-0.2, -0.15) is 0 Å². The first kappa shape index (κ1) is 11.9. The fourth-order valence-electron chi connectivity index (χ4n) is 2.33. The molecule has 0 N–H and O–H groups in total. The maximum Gasteiger partial charge on any atom is 0.0216 e. The first-order valence-corrected chi connectivity index (χ1v) is 7.07. The standard InChI is InChI=1S/C15H19Br/c1-2-3-4-5-7-12-10-13-8-6-9-15(16)14(13)11-12/h6,8-10H,2-5,7,11H2,1H3. The quantitative estimate of drug-likeness (QED) is 0.636. The highest BCUT2D eigenvalue weighted by Crippen LogP contribution is 2.32. The molecule has 1 aliphatic carbocycles. The molecule has 0 fully saturated rings. The summed E-state index contributed by atoms with van der Waals surface area (Å²) in [6, 6.07) is 6.49. The third-order valence-corrected chi connectivity index (χ3v) is 4.01. The number of unbranched alkanes of at least 4 members (excludes halogenated alkanes) is 3. The van der Waals surface area contributed by atoms with Crippen LogP contribution in [-0.4, -0.2) is 0 Å². The van der Waals surface area contributed by atoms with Gasteiger partial charge in [0.15, 0.2) is 0 Å². The minimum Gasteiger partial charge on any atom is -0.0654 e. The normalized spacial score (nSPS) is 13.8. The molecule has 0 radical (unpaired) electrons. The lowest BCUT2D eigenvalue weighted by atomic mass is 10.0. The Morgan fingerprint density at radius 3 is 2.81 bits per heavy atom. The van der Waals surface area contributed by atoms with Crippen LogP contribution < -0.4 is 0 Å². The zero-order valence-electron chi connectivity index (χ0n) is 9.93. The van der Waals surface area contributed by atoms with Gasteiger partial charge in [-0.3, -0.25) is 0 Å². The molecule has 16 heavy (non-hydrogen) atoms. The van der Waals surface area contributed by atoms with Crippen LogP contribution in [0.2, 0.25) is 0 Å². The smallest absolute Gasteiger partial charge is 0.0216 e. The lowest BCUT2D eigenvalue weighted by molar-refractivity contribution is 0.662. The van der Waals surface area contributed by atoms with Gasteiger partial charge in [0.05, 0.1) is 0 Å². The Labute approximate surface area is 107 Å². The van der Waals surface area contributed by atoms with E-state index in [0.717, 1.165) is 6.42 Å². The fourth-order valence-corrected chi connectivity index (χ4v) is 2.86. The number of rotatable bonds is 5. The molecule has 0 aliphatic heterocycles. The maximum absolute atomic E-state index is 3.63. The van der Waals surface area contributed by atoms with Crippen molar-refractivity contribution >= 4 is 22.0 Å². The summed E-state index contributed by atoms with van der Waals surface area (Å²) in [5.74, 6) is 0. The van der Waals surface area contributed by atoms with Crippen molar-refractivity contribution in [3.8, 4) is 0 Å². The molecular weight excluding hydrogens is 260 g/mol. The zero-order valence-corrected chi connectivity index (χ0v) is 11.5. The van der Waals surface area contributed by atoms with Crippen LogP contribution in [0.5, 0.6) is 0 Å². The van der Waals surface area contributed by atoms with E-state index in [9.17, 15) is 0 Å². The molecule has 0 saturated heterocycles. The van der Waals surface area contributed by atoms with E-state index in [1.165, 1.54) is 47.7 Å². The van der Waals surface area contributed by atoms with E-state index in [-0.39, 0.29) is 0 Å². The molecule has 1 aromatic rings. The summed E-state index contributed by atoms with van der Waals surface area (Å²) in [7, 11) is 0. The van der Waals surface area contributed by atoms with Crippen LogP contribution in [0.15, 0.2) is 28.2 Å². The van der Waals surface area contributed by atoms with Gasteiger partial charge in [-0.05, 0) is 36.5 Å². The Hall–Kier alpha value is -0.560. The van der Waals surface area contributed by atoms with E-state index in [1.54, 1.807) is 5.57 Å². The molecule has 86 valence electrons. The van der Waals surface area contributed by atoms with E-state index in [0.29, 0.717) is 0 Å². The Morgan fingerprint density at radius 1 is 1.19 bits per heavy atom. The lowest BCUT2D eigenvalue weighted by Gasteiger charge is -2.03. The van der Waals surface area contributed by atoms with Crippen LogP contribution in [0.3, 0.4) is 0 Å². The number of hydrogen-bond acceptors (Lipinski definition) is 0. The maximum atomic E-state index is 3.63. The molecule has 0 saturated carbocycles. The van der Waals surface area contributed by atoms with E-state index >= 15 is 0 Å². The summed E-state index contributed by atoms with van der Waals surface area (Å²) in [6.45, 7) is 2.27. The van der Waals surface area contributed by atoms with E-state index in [2.05, 4.69) is 47.1 Å². The van der Waals surface area contributed by atoms with Gasteiger partial charge in [-0.1, -0.05) is 65.9 Å². The molecule has 0 bridgehead atoms. The second-order valence-electron chi connectivity index (χ2n) is 4.60. The fraction of sp³-hybridized carbons (Fsp3) is 0.467. The molecule has 0 spiro atoms. The van der Waals surface area contributed by atoms with Crippen molar-refractivity contribution in [2.75, 3.05) is 0 Å². The van der Waals surface area contributed by atoms with Crippen molar-refractivity contribution in [3.05, 3.63) is 39.4 Å². The molecule has 1 aliphatic rings. The Balaban J connectivity index is 1.91. The van der Waals surface area contributed by atoms with Crippen LogP contribution in [0.25, 0.3) is 6.08 Å². The molecule has 2 rings (SSSR count). The van der Waals surface area contributed by atoms with E-state index in [1.807, 2.05) is 0 Å². The molecular formula is C15H19Br. The monoisotopic (exact) mass is 278 g/mol. The lowest BCUT2D eigenvalue weighted by Crippen LogP contribution is -1.87. The van der Waals surface area contributed by atoms with Gasteiger partial charge in [0, 0.05) is 4.47 Å². The summed E-state index contributed by atoms with van der Waals surface area (Å²) in [5, 5.41) is 0. The molecule has 0 heterocycles. The first-order chi connectivity index (χ1) is 7.81. The Kier molecular flexibility index (Phi) is 4.22. The van der Waals surface area contributed by atoms with Gasteiger partial charge in [0.2, 0.25) is 0 Å². The summed E-state index contributed by atoms with van der Waals surface area (Å²) < 4.78 is 1.27. The highest BCUT2D eigenvalue weighted by Gasteiger charge is 2.14. The minimum atomic E-state index is 1.16. The highest BCUT2D eigenvalue weighted by atomic mass is 79.9. The van der Waals surface area contributed by atoms with Gasteiger partial charge in [-0.25, -0.2) is 0 Å². The van der Waals surface area contributed by atoms with Gasteiger partial charge < -0.3 is 0 Å². The average Bonchev–Trinajstić information content (AvgIpc) is 2.69. The van der Waals surface area contributed by atoms with Crippen molar-refractivity contribution in [1.82, 2.24) is 0 Å². The van der Waals surface area contributed by atoms with Gasteiger partial charge >= 0.3 is 0 Å². The molecule has 1 aromatic carbocycles. The van der Waals surface area contributed by atoms with Gasteiger partial charge in [-0.15, -0.1) is 0 Å². The number of halogens is 1. The van der Waals surface area contributed by atoms with Crippen LogP contribution in [0, 0.1) is 0 Å². The first-order valence-electron chi connectivity index (χ1n) is 6.28. The Bertz CT molecular complexity index is 390. The summed E-state index contributed by atoms with van der Waals surface area (Å²) in [5.41, 5.74) is 4.51. The second-order valence-corrected chi connectivity index (χ2v) is 5.45. The van der Waals surface area contributed by atoms with Crippen molar-refractivity contribution < 1.29 is 0 Å². The Morgan fingerprint density at radius 2 is 2.06 bits per heavy atom. The predicted molar refractivity (Wildman–Crippen MR) is 74.6 cm³/mol. The SMILES string of the molecule is CCCCCCC1=Cc2cccc(Br)c2C1. The molecule has 0 unspecified atom stereocenters. The number of allylic oxidation sites excluding steroid dienone is 1. The third-order valence-electron chi connectivity index (χ3n) is 3.27. The summed E-state index contributed by atoms with van der Waals surface area (Å²) in [4.78, 5) is 0. The van der Waals surface area contributed by atoms with Gasteiger partial charge in [0.25, 0.3) is 0 Å². The average molecular weight is 279 g/mol. The molecule has 0 atom stereocenters. The van der Waals surface area contributed by atoms with Crippen LogP contribution >= 0.6 is 15.9 Å². The predicted octanol–water partition coefficient (Wildman–Crippen LogP) is 5.36. The number of hydrogen-bond donors (Lipinski definition) is 0. The van der Waals surface area contributed by atoms with Crippen molar-refractivity contribution in [3.63, 3.8) is 0 Å². The largest absolute Gasteiger partial charge is 0.0654 e. The third kappa shape index (κ3) is 2.76. The zero-order chi connectivity index (χ0) is 11.4. The topological polar surface area (TPSA) is 0 Å². The van der Waals surface area contributed by atoms with Gasteiger partial charge in [0.1, 0.15) is 0 Å². The van der Waals surface area contributed by atoms with Crippen molar-refractivity contribution in [1.29, 1.82) is 0 Å². The van der Waals surface area contributed by atoms with Crippen LogP contribution in [0.4, 0.5) is 0 Å². The molecule has 0 nitrogen and oxygen atoms in total. The number of fused-ring (bicyclic) bond motifs is 1. The summed E-state index contributed by atoms with van der Waals surface area (Å²) >= 11 is 3.63. The van der Waals surface area contributed by atoms with E-state index in [4.69, 9.17) is 0 Å². The van der Waals surface area contributed by atoms with E-state index < -0.39 is 0 Å². The molecule has 0 amide bonds.